The number of nitrogens with one attached hydrogen (secondary N) is 1. The third-order valence-electron chi connectivity index (χ3n) is 2.93. The number of hydrogen-bond acceptors (Lipinski definition) is 4. The highest BCUT2D eigenvalue weighted by Crippen LogP contribution is 2.11. The molecule has 1 N–H and O–H groups in total. The van der Waals surface area contributed by atoms with E-state index >= 15 is 0 Å². The van der Waals surface area contributed by atoms with Gasteiger partial charge in [0.2, 0.25) is 0 Å². The molecule has 0 aromatic heterocycles. The molecule has 2 fully saturated rings. The fourth-order valence-electron chi connectivity index (χ4n) is 2.40. The van der Waals surface area contributed by atoms with Crippen LogP contribution in [-0.4, -0.2) is 19.1 Å². The number of piperidine rings is 1. The summed E-state index contributed by atoms with van der Waals surface area (Å²) < 4.78 is 34.0. The van der Waals surface area contributed by atoms with Gasteiger partial charge in [0, 0.05) is 12.8 Å². The second kappa shape index (κ2) is 5.25. The molecule has 2 rings (SSSR count). The van der Waals surface area contributed by atoms with Gasteiger partial charge in [0.25, 0.3) is 0 Å². The Bertz CT molecular complexity index is 155. The zero-order valence-electron chi connectivity index (χ0n) is 8.04. The van der Waals surface area contributed by atoms with Crippen LogP contribution < -0.4 is 23.5 Å². The van der Waals surface area contributed by atoms with Crippen molar-refractivity contribution in [3.63, 3.8) is 0 Å². The van der Waals surface area contributed by atoms with Crippen molar-refractivity contribution in [1.29, 1.82) is 0 Å². The molecule has 2 unspecified atom stereocenters. The smallest absolute Gasteiger partial charge is 0.0876 e. The molecule has 0 saturated carbocycles. The molecule has 5 nitrogen and oxygen atoms in total. The maximum atomic E-state index is 8.49. The van der Waals surface area contributed by atoms with Crippen LogP contribution in [0.5, 0.6) is 0 Å². The Hall–Kier alpha value is 0.0900. The topological polar surface area (TPSA) is 96.7 Å². The first-order chi connectivity index (χ1) is 6.47. The maximum Gasteiger partial charge on any atom is 0.0876 e. The van der Waals surface area contributed by atoms with Crippen molar-refractivity contribution in [3.05, 3.63) is 0 Å². The average Bonchev–Trinajstić information content (AvgIpc) is 2.47. The SMILES string of the molecule is C1CC[NH+]2CCCC2C1.[O-][Cl+3]([O-])([O-])[O-]. The molecule has 0 aliphatic carbocycles. The predicted octanol–water partition coefficient (Wildman–Crippen LogP) is -4.54. The van der Waals surface area contributed by atoms with E-state index in [0.717, 1.165) is 6.04 Å². The fourth-order valence-corrected chi connectivity index (χ4v) is 2.40. The summed E-state index contributed by atoms with van der Waals surface area (Å²) in [5.74, 6) is 0. The lowest BCUT2D eigenvalue weighted by Gasteiger charge is -2.25. The molecule has 0 aromatic rings. The molecule has 2 aliphatic rings. The van der Waals surface area contributed by atoms with Gasteiger partial charge in [-0.15, -0.1) is 10.2 Å². The second-order valence-electron chi connectivity index (χ2n) is 3.87. The summed E-state index contributed by atoms with van der Waals surface area (Å²) >= 11 is 0. The van der Waals surface area contributed by atoms with Gasteiger partial charge in [0.15, 0.2) is 0 Å². The van der Waals surface area contributed by atoms with E-state index in [4.69, 9.17) is 18.6 Å². The third-order valence-corrected chi connectivity index (χ3v) is 2.93. The van der Waals surface area contributed by atoms with Crippen molar-refractivity contribution < 1.29 is 33.8 Å². The minimum absolute atomic E-state index is 1.08. The van der Waals surface area contributed by atoms with Gasteiger partial charge in [-0.25, -0.2) is 18.6 Å². The summed E-state index contributed by atoms with van der Waals surface area (Å²) in [7, 11) is -4.94. The Morgan fingerprint density at radius 2 is 1.36 bits per heavy atom. The number of quaternary nitrogens is 1. The highest BCUT2D eigenvalue weighted by atomic mass is 35.7. The van der Waals surface area contributed by atoms with Gasteiger partial charge < -0.3 is 4.90 Å². The first kappa shape index (κ1) is 12.2. The Morgan fingerprint density at radius 3 is 1.93 bits per heavy atom. The molecule has 0 radical (unpaired) electrons. The van der Waals surface area contributed by atoms with Crippen LogP contribution in [0.2, 0.25) is 0 Å². The number of hydrogen-bond donors (Lipinski definition) is 1. The Labute approximate surface area is 85.7 Å². The molecule has 0 spiro atoms. The van der Waals surface area contributed by atoms with Crippen molar-refractivity contribution in [2.24, 2.45) is 0 Å². The van der Waals surface area contributed by atoms with E-state index in [1.807, 2.05) is 4.90 Å². The summed E-state index contributed by atoms with van der Waals surface area (Å²) in [6, 6.07) is 1.08. The van der Waals surface area contributed by atoms with Crippen LogP contribution >= 0.6 is 0 Å². The van der Waals surface area contributed by atoms with Crippen LogP contribution in [0.4, 0.5) is 0 Å². The van der Waals surface area contributed by atoms with E-state index in [1.165, 1.54) is 45.2 Å². The second-order valence-corrected chi connectivity index (χ2v) is 4.63. The molecule has 2 heterocycles. The summed E-state index contributed by atoms with van der Waals surface area (Å²) in [5, 5.41) is 0. The van der Waals surface area contributed by atoms with Gasteiger partial charge in [-0.05, 0) is 19.3 Å². The summed E-state index contributed by atoms with van der Waals surface area (Å²) in [6.45, 7) is 2.95. The van der Waals surface area contributed by atoms with E-state index in [9.17, 15) is 0 Å². The third kappa shape index (κ3) is 5.09. The largest absolute Gasteiger partial charge is 0.333 e. The van der Waals surface area contributed by atoms with Crippen LogP contribution in [0.25, 0.3) is 0 Å². The number of rotatable bonds is 0. The predicted molar refractivity (Wildman–Crippen MR) is 37.6 cm³/mol. The molecule has 2 aliphatic heterocycles. The first-order valence-electron chi connectivity index (χ1n) is 4.93. The van der Waals surface area contributed by atoms with Crippen molar-refractivity contribution in [3.8, 4) is 0 Å². The highest BCUT2D eigenvalue weighted by molar-refractivity contribution is 4.66. The Balaban J connectivity index is 0.000000171. The standard InChI is InChI=1S/C8H15N.ClHO4/c1-2-6-9-7-3-5-8(9)4-1;2-1(3,4)5/h8H,1-7H2;(H,2,3,4,5). The molecule has 6 heteroatoms. The van der Waals surface area contributed by atoms with Gasteiger partial charge in [-0.3, -0.25) is 0 Å². The number of fused-ring (bicyclic) bond motifs is 1. The average molecular weight is 226 g/mol. The highest BCUT2D eigenvalue weighted by Gasteiger charge is 2.30. The van der Waals surface area contributed by atoms with E-state index in [0.29, 0.717) is 0 Å². The molecule has 2 atom stereocenters. The van der Waals surface area contributed by atoms with Gasteiger partial charge >= 0.3 is 0 Å². The minimum Gasteiger partial charge on any atom is -0.333 e. The molecular formula is C8H16ClNO4. The van der Waals surface area contributed by atoms with Crippen LogP contribution in [0.3, 0.4) is 0 Å². The molecule has 0 amide bonds. The normalized spacial score (nSPS) is 31.7. The van der Waals surface area contributed by atoms with Gasteiger partial charge in [0.05, 0.1) is 19.1 Å². The van der Waals surface area contributed by atoms with E-state index < -0.39 is 10.2 Å². The van der Waals surface area contributed by atoms with Crippen molar-refractivity contribution >= 4 is 0 Å². The van der Waals surface area contributed by atoms with E-state index in [2.05, 4.69) is 0 Å². The lowest BCUT2D eigenvalue weighted by atomic mass is 10.0. The van der Waals surface area contributed by atoms with Crippen LogP contribution in [0, 0.1) is 10.2 Å². The lowest BCUT2D eigenvalue weighted by Crippen LogP contribution is -3.14. The van der Waals surface area contributed by atoms with E-state index in [-0.39, 0.29) is 0 Å². The summed E-state index contributed by atoms with van der Waals surface area (Å²) in [6.07, 6.45) is 7.55. The molecule has 84 valence electrons. The van der Waals surface area contributed by atoms with Crippen molar-refractivity contribution in [2.75, 3.05) is 13.1 Å². The van der Waals surface area contributed by atoms with Gasteiger partial charge in [-0.1, -0.05) is 0 Å². The quantitative estimate of drug-likeness (QED) is 0.449. The van der Waals surface area contributed by atoms with Crippen molar-refractivity contribution in [1.82, 2.24) is 0 Å². The summed E-state index contributed by atoms with van der Waals surface area (Å²) in [4.78, 5) is 1.92. The lowest BCUT2D eigenvalue weighted by molar-refractivity contribution is -2.00. The Kier molecular flexibility index (Phi) is 4.56. The van der Waals surface area contributed by atoms with Gasteiger partial charge in [-0.2, -0.15) is 0 Å². The van der Waals surface area contributed by atoms with Crippen molar-refractivity contribution in [2.45, 2.75) is 38.1 Å². The Morgan fingerprint density at radius 1 is 0.857 bits per heavy atom. The number of halogens is 1. The van der Waals surface area contributed by atoms with E-state index in [1.54, 1.807) is 0 Å². The zero-order chi connectivity index (χ0) is 10.6. The maximum absolute atomic E-state index is 8.49. The molecule has 2 saturated heterocycles. The molecule has 0 aromatic carbocycles. The fraction of sp³-hybridized carbons (Fsp3) is 1.00. The minimum atomic E-state index is -4.94. The van der Waals surface area contributed by atoms with Crippen LogP contribution in [-0.2, 0) is 0 Å². The monoisotopic (exact) mass is 225 g/mol. The summed E-state index contributed by atoms with van der Waals surface area (Å²) in [5.41, 5.74) is 0. The van der Waals surface area contributed by atoms with Crippen LogP contribution in [0.15, 0.2) is 0 Å². The molecule has 0 bridgehead atoms. The van der Waals surface area contributed by atoms with Crippen LogP contribution in [0.1, 0.15) is 32.1 Å². The molecular weight excluding hydrogens is 210 g/mol. The zero-order valence-corrected chi connectivity index (χ0v) is 8.79. The van der Waals surface area contributed by atoms with Gasteiger partial charge in [0.1, 0.15) is 0 Å². The molecule has 14 heavy (non-hydrogen) atoms. The first-order valence-corrected chi connectivity index (χ1v) is 6.16.